The van der Waals surface area contributed by atoms with Crippen molar-refractivity contribution in [1.82, 2.24) is 14.7 Å². The van der Waals surface area contributed by atoms with Gasteiger partial charge in [-0.1, -0.05) is 30.3 Å². The number of hydrogen-bond donors (Lipinski definition) is 1. The molecule has 0 aromatic heterocycles. The van der Waals surface area contributed by atoms with Gasteiger partial charge in [-0.15, -0.1) is 0 Å². The van der Waals surface area contributed by atoms with Crippen LogP contribution < -0.4 is 5.73 Å². The van der Waals surface area contributed by atoms with Crippen LogP contribution in [-0.2, 0) is 11.2 Å². The number of nitrogens with zero attached hydrogens (tertiary/aromatic N) is 3. The molecule has 3 aliphatic heterocycles. The van der Waals surface area contributed by atoms with E-state index in [1.165, 1.54) is 50.9 Å². The standard InChI is InChI=1S/C25H40N4O/c26-19-22-8-16-29(20-22)25(30)23-9-17-28(18-10-23)24-11-14-27(15-12-24)13-4-7-21-5-2-1-3-6-21/h1-3,5-6,22-24H,4,7-20,26H2. The van der Waals surface area contributed by atoms with E-state index in [0.29, 0.717) is 18.4 Å². The summed E-state index contributed by atoms with van der Waals surface area (Å²) in [4.78, 5) is 20.3. The molecular formula is C25H40N4O. The van der Waals surface area contributed by atoms with E-state index in [1.54, 1.807) is 0 Å². The molecule has 1 aromatic carbocycles. The molecule has 4 rings (SSSR count). The van der Waals surface area contributed by atoms with Crippen molar-refractivity contribution in [2.75, 3.05) is 52.4 Å². The van der Waals surface area contributed by atoms with E-state index < -0.39 is 0 Å². The molecule has 5 heteroatoms. The number of nitrogens with two attached hydrogens (primary N) is 1. The highest BCUT2D eigenvalue weighted by atomic mass is 16.2. The minimum Gasteiger partial charge on any atom is -0.342 e. The largest absolute Gasteiger partial charge is 0.342 e. The summed E-state index contributed by atoms with van der Waals surface area (Å²) in [6.45, 7) is 8.40. The summed E-state index contributed by atoms with van der Waals surface area (Å²) in [6.07, 6.45) is 8.18. The Labute approximate surface area is 182 Å². The van der Waals surface area contributed by atoms with Gasteiger partial charge in [-0.05, 0) is 95.7 Å². The molecule has 0 spiro atoms. The summed E-state index contributed by atoms with van der Waals surface area (Å²) in [7, 11) is 0. The summed E-state index contributed by atoms with van der Waals surface area (Å²) in [5.74, 6) is 1.17. The van der Waals surface area contributed by atoms with Crippen molar-refractivity contribution in [3.8, 4) is 0 Å². The van der Waals surface area contributed by atoms with Crippen LogP contribution in [0.1, 0.15) is 44.1 Å². The van der Waals surface area contributed by atoms with Crippen LogP contribution in [0.15, 0.2) is 30.3 Å². The topological polar surface area (TPSA) is 52.8 Å². The number of carbonyl (C=O) groups excluding carboxylic acids is 1. The number of likely N-dealkylation sites (tertiary alicyclic amines) is 3. The van der Waals surface area contributed by atoms with Crippen molar-refractivity contribution < 1.29 is 4.79 Å². The second-order valence-corrected chi connectivity index (χ2v) is 9.65. The maximum atomic E-state index is 12.9. The Balaban J connectivity index is 1.13. The van der Waals surface area contributed by atoms with Gasteiger partial charge in [-0.25, -0.2) is 0 Å². The molecule has 30 heavy (non-hydrogen) atoms. The van der Waals surface area contributed by atoms with Crippen LogP contribution in [0.2, 0.25) is 0 Å². The Morgan fingerprint density at radius 3 is 2.33 bits per heavy atom. The first-order chi connectivity index (χ1) is 14.7. The molecule has 3 fully saturated rings. The van der Waals surface area contributed by atoms with Crippen molar-refractivity contribution in [3.63, 3.8) is 0 Å². The van der Waals surface area contributed by atoms with Crippen LogP contribution in [0.4, 0.5) is 0 Å². The molecule has 166 valence electrons. The van der Waals surface area contributed by atoms with Crippen LogP contribution in [-0.4, -0.2) is 79.0 Å². The van der Waals surface area contributed by atoms with E-state index in [0.717, 1.165) is 51.5 Å². The number of piperidine rings is 2. The minimum atomic E-state index is 0.246. The van der Waals surface area contributed by atoms with Crippen LogP contribution in [0.25, 0.3) is 0 Å². The van der Waals surface area contributed by atoms with E-state index in [2.05, 4.69) is 45.0 Å². The lowest BCUT2D eigenvalue weighted by Gasteiger charge is -2.42. The van der Waals surface area contributed by atoms with Crippen molar-refractivity contribution in [2.24, 2.45) is 17.6 Å². The van der Waals surface area contributed by atoms with Gasteiger partial charge in [0, 0.05) is 25.0 Å². The third kappa shape index (κ3) is 5.63. The molecule has 0 aliphatic carbocycles. The molecule has 3 heterocycles. The zero-order valence-electron chi connectivity index (χ0n) is 18.6. The molecule has 0 saturated carbocycles. The fourth-order valence-corrected chi connectivity index (χ4v) is 5.65. The Morgan fingerprint density at radius 1 is 0.933 bits per heavy atom. The van der Waals surface area contributed by atoms with E-state index in [-0.39, 0.29) is 5.92 Å². The highest BCUT2D eigenvalue weighted by Gasteiger charge is 2.34. The minimum absolute atomic E-state index is 0.246. The number of rotatable bonds is 7. The predicted molar refractivity (Wildman–Crippen MR) is 122 cm³/mol. The summed E-state index contributed by atoms with van der Waals surface area (Å²) >= 11 is 0. The van der Waals surface area contributed by atoms with Gasteiger partial charge in [0.05, 0.1) is 0 Å². The van der Waals surface area contributed by atoms with Crippen molar-refractivity contribution >= 4 is 5.91 Å². The molecule has 3 aliphatic rings. The molecule has 1 atom stereocenters. The molecule has 5 nitrogen and oxygen atoms in total. The Bertz CT molecular complexity index is 650. The van der Waals surface area contributed by atoms with Crippen molar-refractivity contribution in [1.29, 1.82) is 0 Å². The fourth-order valence-electron chi connectivity index (χ4n) is 5.65. The first kappa shape index (κ1) is 21.8. The third-order valence-electron chi connectivity index (χ3n) is 7.67. The van der Waals surface area contributed by atoms with E-state index in [1.807, 2.05) is 0 Å². The maximum Gasteiger partial charge on any atom is 0.225 e. The summed E-state index contributed by atoms with van der Waals surface area (Å²) in [6, 6.07) is 11.6. The number of hydrogen-bond acceptors (Lipinski definition) is 4. The number of aryl methyl sites for hydroxylation is 1. The number of amides is 1. The van der Waals surface area contributed by atoms with E-state index >= 15 is 0 Å². The highest BCUT2D eigenvalue weighted by molar-refractivity contribution is 5.79. The molecular weight excluding hydrogens is 372 g/mol. The van der Waals surface area contributed by atoms with Crippen LogP contribution in [0.3, 0.4) is 0 Å². The summed E-state index contributed by atoms with van der Waals surface area (Å²) in [5, 5.41) is 0. The molecule has 0 bridgehead atoms. The van der Waals surface area contributed by atoms with Crippen molar-refractivity contribution in [2.45, 2.75) is 51.0 Å². The summed E-state index contributed by atoms with van der Waals surface area (Å²) < 4.78 is 0. The molecule has 0 radical (unpaired) electrons. The zero-order valence-corrected chi connectivity index (χ0v) is 18.6. The van der Waals surface area contributed by atoms with Gasteiger partial charge in [-0.3, -0.25) is 4.79 Å². The fraction of sp³-hybridized carbons (Fsp3) is 0.720. The van der Waals surface area contributed by atoms with Gasteiger partial charge in [0.15, 0.2) is 0 Å². The smallest absolute Gasteiger partial charge is 0.225 e. The second-order valence-electron chi connectivity index (χ2n) is 9.65. The molecule has 3 saturated heterocycles. The Kier molecular flexibility index (Phi) is 7.80. The van der Waals surface area contributed by atoms with Gasteiger partial charge in [0.2, 0.25) is 5.91 Å². The summed E-state index contributed by atoms with van der Waals surface area (Å²) in [5.41, 5.74) is 7.25. The lowest BCUT2D eigenvalue weighted by molar-refractivity contribution is -0.136. The maximum absolute atomic E-state index is 12.9. The molecule has 1 unspecified atom stereocenters. The molecule has 1 aromatic rings. The quantitative estimate of drug-likeness (QED) is 0.748. The predicted octanol–water partition coefficient (Wildman–Crippen LogP) is 2.60. The first-order valence-corrected chi connectivity index (χ1v) is 12.2. The van der Waals surface area contributed by atoms with Crippen LogP contribution in [0, 0.1) is 11.8 Å². The highest BCUT2D eigenvalue weighted by Crippen LogP contribution is 2.27. The molecule has 1 amide bonds. The van der Waals surface area contributed by atoms with Crippen molar-refractivity contribution in [3.05, 3.63) is 35.9 Å². The normalized spacial score (nSPS) is 25.1. The van der Waals surface area contributed by atoms with Gasteiger partial charge in [0.25, 0.3) is 0 Å². The van der Waals surface area contributed by atoms with Crippen LogP contribution in [0.5, 0.6) is 0 Å². The Morgan fingerprint density at radius 2 is 1.67 bits per heavy atom. The Hall–Kier alpha value is -1.43. The van der Waals surface area contributed by atoms with Gasteiger partial charge in [0.1, 0.15) is 0 Å². The number of benzene rings is 1. The van der Waals surface area contributed by atoms with Gasteiger partial charge >= 0.3 is 0 Å². The van der Waals surface area contributed by atoms with E-state index in [9.17, 15) is 4.79 Å². The zero-order chi connectivity index (χ0) is 20.8. The second kappa shape index (κ2) is 10.7. The lowest BCUT2D eigenvalue weighted by atomic mass is 9.92. The SMILES string of the molecule is NCC1CCN(C(=O)C2CCN(C3CCN(CCCc4ccccc4)CC3)CC2)C1. The number of carbonyl (C=O) groups is 1. The van der Waals surface area contributed by atoms with Crippen LogP contribution >= 0.6 is 0 Å². The lowest BCUT2D eigenvalue weighted by Crippen LogP contribution is -2.49. The first-order valence-electron chi connectivity index (χ1n) is 12.2. The third-order valence-corrected chi connectivity index (χ3v) is 7.67. The average molecular weight is 413 g/mol. The van der Waals surface area contributed by atoms with Gasteiger partial charge < -0.3 is 20.4 Å². The monoisotopic (exact) mass is 412 g/mol. The average Bonchev–Trinajstić information content (AvgIpc) is 3.29. The van der Waals surface area contributed by atoms with E-state index in [4.69, 9.17) is 5.73 Å². The molecule has 2 N–H and O–H groups in total. The van der Waals surface area contributed by atoms with Gasteiger partial charge in [-0.2, -0.15) is 0 Å².